The molecule has 6 atom stereocenters. The number of allylic oxidation sites excluding steroid dienone is 1. The van der Waals surface area contributed by atoms with Crippen molar-refractivity contribution in [2.45, 2.75) is 121 Å². The van der Waals surface area contributed by atoms with Gasteiger partial charge in [-0.25, -0.2) is 13.6 Å². The van der Waals surface area contributed by atoms with Crippen LogP contribution in [0.15, 0.2) is 30.4 Å². The average molecular weight is 757 g/mol. The first-order valence-corrected chi connectivity index (χ1v) is 19.0. The molecule has 3 N–H and O–H groups in total. The van der Waals surface area contributed by atoms with Gasteiger partial charge < -0.3 is 35.4 Å². The topological polar surface area (TPSA) is 175 Å². The molecule has 4 heterocycles. The summed E-state index contributed by atoms with van der Waals surface area (Å²) in [4.78, 5) is 100. The number of carbonyl (C=O) groups excluding carboxylic acids is 7. The van der Waals surface area contributed by atoms with E-state index in [2.05, 4.69) is 16.0 Å². The summed E-state index contributed by atoms with van der Waals surface area (Å²) in [5.41, 5.74) is 0.0594. The van der Waals surface area contributed by atoms with Crippen LogP contribution >= 0.6 is 0 Å². The molecule has 0 unspecified atom stereocenters. The van der Waals surface area contributed by atoms with Crippen LogP contribution in [0.5, 0.6) is 0 Å². The summed E-state index contributed by atoms with van der Waals surface area (Å²) in [5.74, 6) is -6.31. The normalized spacial score (nSPS) is 26.2. The number of benzene rings is 1. The predicted octanol–water partition coefficient (Wildman–Crippen LogP) is 1.65. The zero-order valence-electron chi connectivity index (χ0n) is 30.8. The van der Waals surface area contributed by atoms with Crippen molar-refractivity contribution in [1.29, 1.82) is 0 Å². The fourth-order valence-electron chi connectivity index (χ4n) is 7.66. The van der Waals surface area contributed by atoms with Crippen LogP contribution in [-0.2, 0) is 44.7 Å². The highest BCUT2D eigenvalue weighted by molar-refractivity contribution is 5.98. The molecule has 6 amide bonds. The first-order valence-electron chi connectivity index (χ1n) is 19.0. The number of nitrogens with zero attached hydrogens (tertiary/aromatic N) is 3. The number of nitrogens with one attached hydrogen (secondary N) is 3. The molecule has 5 rings (SSSR count). The molecule has 294 valence electrons. The third kappa shape index (κ3) is 9.80. The number of ether oxygens (including phenoxy) is 1. The highest BCUT2D eigenvalue weighted by Crippen LogP contribution is 2.27. The number of esters is 1. The van der Waals surface area contributed by atoms with E-state index in [4.69, 9.17) is 4.74 Å². The van der Waals surface area contributed by atoms with Crippen LogP contribution in [0, 0.1) is 11.6 Å². The quantitative estimate of drug-likeness (QED) is 0.194. The molecule has 0 bridgehead atoms. The van der Waals surface area contributed by atoms with Crippen LogP contribution in [0.4, 0.5) is 8.78 Å². The molecule has 4 fully saturated rings. The number of amides is 6. The Balaban J connectivity index is 1.46. The van der Waals surface area contributed by atoms with E-state index in [-0.39, 0.29) is 44.5 Å². The lowest BCUT2D eigenvalue weighted by Gasteiger charge is -2.39. The van der Waals surface area contributed by atoms with Crippen molar-refractivity contribution in [3.8, 4) is 0 Å². The Morgan fingerprint density at radius 2 is 1.50 bits per heavy atom. The predicted molar refractivity (Wildman–Crippen MR) is 190 cm³/mol. The zero-order chi connectivity index (χ0) is 38.9. The second kappa shape index (κ2) is 18.4. The maximum atomic E-state index is 14.4. The SMILES string of the molecule is CCCC/C=C/C(=O)N[C@@H](Cc1cc(F)cc(F)c1)C(=O)N[C@H]1COC(=O)[C@@H]2CCCN2C(=O)[C@H](C)NC(=O)[C@@H]2CCCCN2C(=O)[C@@H]2CCCN2C1=O. The van der Waals surface area contributed by atoms with Crippen LogP contribution in [0.1, 0.15) is 83.6 Å². The van der Waals surface area contributed by atoms with Gasteiger partial charge in [-0.05, 0) is 82.1 Å². The van der Waals surface area contributed by atoms with Crippen LogP contribution in [0.3, 0.4) is 0 Å². The van der Waals surface area contributed by atoms with Crippen molar-refractivity contribution in [3.63, 3.8) is 0 Å². The van der Waals surface area contributed by atoms with E-state index in [0.717, 1.165) is 25.0 Å². The minimum absolute atomic E-state index is 0.0594. The van der Waals surface area contributed by atoms with Crippen LogP contribution in [-0.4, -0.2) is 119 Å². The molecule has 4 aliphatic rings. The summed E-state index contributed by atoms with van der Waals surface area (Å²) in [5, 5.41) is 7.89. The molecule has 16 heteroatoms. The number of rotatable bonds is 9. The van der Waals surface area contributed by atoms with Crippen molar-refractivity contribution in [2.75, 3.05) is 26.2 Å². The fourth-order valence-corrected chi connectivity index (χ4v) is 7.66. The van der Waals surface area contributed by atoms with Crippen LogP contribution < -0.4 is 16.0 Å². The van der Waals surface area contributed by atoms with Gasteiger partial charge in [-0.3, -0.25) is 28.8 Å². The maximum Gasteiger partial charge on any atom is 0.328 e. The number of hydrogen-bond acceptors (Lipinski definition) is 8. The van der Waals surface area contributed by atoms with Gasteiger partial charge in [0.25, 0.3) is 0 Å². The summed E-state index contributed by atoms with van der Waals surface area (Å²) in [6.45, 7) is 3.51. The Labute approximate surface area is 313 Å². The first-order chi connectivity index (χ1) is 25.9. The number of unbranched alkanes of at least 4 members (excludes halogenated alkanes) is 2. The van der Waals surface area contributed by atoms with Crippen molar-refractivity contribution < 1.29 is 47.1 Å². The number of cyclic esters (lactones) is 1. The number of fused-ring (bicyclic) bond motifs is 3. The molecule has 4 aliphatic heterocycles. The Morgan fingerprint density at radius 3 is 2.20 bits per heavy atom. The van der Waals surface area contributed by atoms with Gasteiger partial charge in [0.05, 0.1) is 0 Å². The van der Waals surface area contributed by atoms with E-state index in [1.165, 1.54) is 27.7 Å². The molecule has 4 saturated heterocycles. The number of carbonyl (C=O) groups is 7. The first kappa shape index (κ1) is 40.3. The summed E-state index contributed by atoms with van der Waals surface area (Å²) < 4.78 is 33.9. The Bertz CT molecular complexity index is 1620. The molecule has 1 aromatic rings. The minimum atomic E-state index is -1.54. The van der Waals surface area contributed by atoms with Gasteiger partial charge in [0.1, 0.15) is 54.5 Å². The average Bonchev–Trinajstić information content (AvgIpc) is 3.84. The molecule has 0 saturated carbocycles. The highest BCUT2D eigenvalue weighted by Gasteiger charge is 2.45. The third-order valence-corrected chi connectivity index (χ3v) is 10.4. The van der Waals surface area contributed by atoms with Crippen LogP contribution in [0.2, 0.25) is 0 Å². The molecule has 0 aromatic heterocycles. The molecule has 54 heavy (non-hydrogen) atoms. The Morgan fingerprint density at radius 1 is 0.870 bits per heavy atom. The summed E-state index contributed by atoms with van der Waals surface area (Å²) in [7, 11) is 0. The molecule has 0 aliphatic carbocycles. The second-order valence-corrected chi connectivity index (χ2v) is 14.4. The number of halogens is 2. The summed E-state index contributed by atoms with van der Waals surface area (Å²) in [6, 6.07) is -4.08. The lowest BCUT2D eigenvalue weighted by molar-refractivity contribution is -0.158. The van der Waals surface area contributed by atoms with Crippen molar-refractivity contribution >= 4 is 41.4 Å². The summed E-state index contributed by atoms with van der Waals surface area (Å²) in [6.07, 6.45) is 8.07. The van der Waals surface area contributed by atoms with E-state index < -0.39 is 95.9 Å². The number of piperidine rings is 1. The van der Waals surface area contributed by atoms with Crippen molar-refractivity contribution in [3.05, 3.63) is 47.5 Å². The molecule has 0 spiro atoms. The largest absolute Gasteiger partial charge is 0.461 e. The molecule has 1 aromatic carbocycles. The smallest absolute Gasteiger partial charge is 0.328 e. The lowest BCUT2D eigenvalue weighted by Crippen LogP contribution is -2.62. The highest BCUT2D eigenvalue weighted by atomic mass is 19.1. The lowest BCUT2D eigenvalue weighted by atomic mass is 9.99. The van der Waals surface area contributed by atoms with Gasteiger partial charge in [-0.15, -0.1) is 0 Å². The van der Waals surface area contributed by atoms with Crippen molar-refractivity contribution in [1.82, 2.24) is 30.7 Å². The van der Waals surface area contributed by atoms with Gasteiger partial charge in [0.2, 0.25) is 35.4 Å². The fraction of sp³-hybridized carbons (Fsp3) is 0.605. The monoisotopic (exact) mass is 756 g/mol. The Hall–Kier alpha value is -4.89. The third-order valence-electron chi connectivity index (χ3n) is 10.4. The Kier molecular flexibility index (Phi) is 13.8. The van der Waals surface area contributed by atoms with E-state index in [1.807, 2.05) is 6.92 Å². The van der Waals surface area contributed by atoms with Crippen LogP contribution in [0.25, 0.3) is 0 Å². The van der Waals surface area contributed by atoms with Gasteiger partial charge in [-0.2, -0.15) is 0 Å². The van der Waals surface area contributed by atoms with Gasteiger partial charge >= 0.3 is 5.97 Å². The molecular weight excluding hydrogens is 706 g/mol. The molecule has 0 radical (unpaired) electrons. The van der Waals surface area contributed by atoms with Gasteiger partial charge in [0.15, 0.2) is 0 Å². The van der Waals surface area contributed by atoms with Crippen molar-refractivity contribution in [2.24, 2.45) is 0 Å². The number of hydrogen-bond donors (Lipinski definition) is 3. The second-order valence-electron chi connectivity index (χ2n) is 14.4. The van der Waals surface area contributed by atoms with E-state index in [1.54, 1.807) is 6.08 Å². The maximum absolute atomic E-state index is 14.4. The molecule has 14 nitrogen and oxygen atoms in total. The van der Waals surface area contributed by atoms with E-state index >= 15 is 0 Å². The van der Waals surface area contributed by atoms with Gasteiger partial charge in [-0.1, -0.05) is 25.8 Å². The van der Waals surface area contributed by atoms with Gasteiger partial charge in [0, 0.05) is 32.1 Å². The minimum Gasteiger partial charge on any atom is -0.461 e. The van der Waals surface area contributed by atoms with E-state index in [9.17, 15) is 42.3 Å². The standard InChI is InChI=1S/C38H50F2N6O8/c1-3-4-5-6-14-32(47)42-27(20-24-18-25(39)21-26(40)19-24)33(48)43-28-22-54-38(53)31-13-10-17-46(31)35(50)23(2)41-34(49)29-11-7-8-15-44(29)37(52)30-12-9-16-45(30)36(28)51/h6,14,18-19,21,23,27-31H,3-5,7-13,15-17,20,22H2,1-2H3,(H,41,49)(H,42,47)(H,43,48)/b14-6+/t23-,27-,28-,29-,30-,31-/m0/s1. The summed E-state index contributed by atoms with van der Waals surface area (Å²) >= 11 is 0. The van der Waals surface area contributed by atoms with E-state index in [0.29, 0.717) is 44.6 Å². The zero-order valence-corrected chi connectivity index (χ0v) is 30.8. The molecular formula is C38H50F2N6O8.